The lowest BCUT2D eigenvalue weighted by Crippen LogP contribution is -2.10. The fourth-order valence-corrected chi connectivity index (χ4v) is 2.78. The molecule has 0 bridgehead atoms. The van der Waals surface area contributed by atoms with Crippen molar-refractivity contribution in [3.8, 4) is 10.6 Å². The van der Waals surface area contributed by atoms with Gasteiger partial charge in [-0.25, -0.2) is 14.8 Å². The van der Waals surface area contributed by atoms with E-state index >= 15 is 0 Å². The van der Waals surface area contributed by atoms with Gasteiger partial charge in [-0.15, -0.1) is 11.3 Å². The number of rotatable bonds is 3. The molecule has 2 aromatic rings. The predicted octanol–water partition coefficient (Wildman–Crippen LogP) is 3.45. The number of carbonyl (C=O) groups excluding carboxylic acids is 1. The molecule has 0 unspecified atom stereocenters. The van der Waals surface area contributed by atoms with Gasteiger partial charge in [0.05, 0.1) is 21.0 Å². The summed E-state index contributed by atoms with van der Waals surface area (Å²) in [5, 5.41) is 0. The highest BCUT2D eigenvalue weighted by atomic mass is 79.9. The monoisotopic (exact) mass is 326 g/mol. The van der Waals surface area contributed by atoms with E-state index in [1.807, 2.05) is 25.1 Å². The van der Waals surface area contributed by atoms with Crippen molar-refractivity contribution in [1.82, 2.24) is 9.97 Å². The van der Waals surface area contributed by atoms with Crippen molar-refractivity contribution in [3.63, 3.8) is 0 Å². The minimum absolute atomic E-state index is 0.108. The van der Waals surface area contributed by atoms with Crippen LogP contribution in [0.15, 0.2) is 22.0 Å². The fourth-order valence-electron chi connectivity index (χ4n) is 1.43. The maximum absolute atomic E-state index is 11.6. The van der Waals surface area contributed by atoms with Gasteiger partial charge >= 0.3 is 5.97 Å². The Kier molecular flexibility index (Phi) is 4.08. The van der Waals surface area contributed by atoms with Crippen LogP contribution in [0, 0.1) is 6.92 Å². The van der Waals surface area contributed by atoms with Crippen LogP contribution in [-0.2, 0) is 4.74 Å². The summed E-state index contributed by atoms with van der Waals surface area (Å²) in [6, 6.07) is 5.74. The van der Waals surface area contributed by atoms with Crippen molar-refractivity contribution in [2.75, 3.05) is 6.61 Å². The molecule has 0 fully saturated rings. The molecule has 0 amide bonds. The Bertz CT molecular complexity index is 583. The van der Waals surface area contributed by atoms with Gasteiger partial charge in [-0.2, -0.15) is 0 Å². The Hall–Kier alpha value is -1.27. The second kappa shape index (κ2) is 5.58. The molecule has 2 rings (SSSR count). The largest absolute Gasteiger partial charge is 0.460 e. The Morgan fingerprint density at radius 3 is 2.83 bits per heavy atom. The molecule has 94 valence electrons. The van der Waals surface area contributed by atoms with Crippen LogP contribution >= 0.6 is 27.3 Å². The predicted molar refractivity (Wildman–Crippen MR) is 73.7 cm³/mol. The molecule has 0 radical (unpaired) electrons. The SMILES string of the molecule is CCOC(=O)c1nc(C)cc(-c2ccc(Br)s2)n1. The number of nitrogens with zero attached hydrogens (tertiary/aromatic N) is 2. The van der Waals surface area contributed by atoms with Crippen LogP contribution in [0.1, 0.15) is 23.2 Å². The van der Waals surface area contributed by atoms with Gasteiger partial charge in [0.1, 0.15) is 0 Å². The van der Waals surface area contributed by atoms with Gasteiger partial charge in [0.2, 0.25) is 5.82 Å². The van der Waals surface area contributed by atoms with E-state index < -0.39 is 5.97 Å². The summed E-state index contributed by atoms with van der Waals surface area (Å²) < 4.78 is 5.93. The number of hydrogen-bond acceptors (Lipinski definition) is 5. The number of aromatic nitrogens is 2. The minimum Gasteiger partial charge on any atom is -0.460 e. The van der Waals surface area contributed by atoms with Crippen LogP contribution in [0.4, 0.5) is 0 Å². The summed E-state index contributed by atoms with van der Waals surface area (Å²) in [7, 11) is 0. The summed E-state index contributed by atoms with van der Waals surface area (Å²) in [4.78, 5) is 20.9. The highest BCUT2D eigenvalue weighted by Gasteiger charge is 2.13. The third-order valence-corrected chi connectivity index (χ3v) is 3.78. The normalized spacial score (nSPS) is 10.4. The van der Waals surface area contributed by atoms with E-state index in [0.29, 0.717) is 6.61 Å². The quantitative estimate of drug-likeness (QED) is 0.810. The lowest BCUT2D eigenvalue weighted by molar-refractivity contribution is 0.0512. The molecule has 0 N–H and O–H groups in total. The topological polar surface area (TPSA) is 52.1 Å². The first kappa shape index (κ1) is 13.2. The maximum atomic E-state index is 11.6. The van der Waals surface area contributed by atoms with Gasteiger partial charge in [0.25, 0.3) is 0 Å². The Labute approximate surface area is 117 Å². The maximum Gasteiger partial charge on any atom is 0.376 e. The lowest BCUT2D eigenvalue weighted by atomic mass is 10.3. The van der Waals surface area contributed by atoms with Crippen LogP contribution in [0.3, 0.4) is 0 Å². The van der Waals surface area contributed by atoms with Crippen LogP contribution in [0.2, 0.25) is 0 Å². The summed E-state index contributed by atoms with van der Waals surface area (Å²) >= 11 is 4.96. The average molecular weight is 327 g/mol. The molecule has 4 nitrogen and oxygen atoms in total. The van der Waals surface area contributed by atoms with E-state index in [0.717, 1.165) is 20.1 Å². The van der Waals surface area contributed by atoms with Crippen molar-refractivity contribution >= 4 is 33.2 Å². The molecule has 0 saturated carbocycles. The second-order valence-corrected chi connectivity index (χ2v) is 6.01. The summed E-state index contributed by atoms with van der Waals surface area (Å²) in [5.41, 5.74) is 1.48. The molecule has 0 spiro atoms. The summed E-state index contributed by atoms with van der Waals surface area (Å²) in [6.45, 7) is 3.90. The van der Waals surface area contributed by atoms with E-state index in [2.05, 4.69) is 25.9 Å². The molecular weight excluding hydrogens is 316 g/mol. The Morgan fingerprint density at radius 1 is 1.44 bits per heavy atom. The first-order valence-corrected chi connectivity index (χ1v) is 6.99. The van der Waals surface area contributed by atoms with E-state index in [4.69, 9.17) is 4.74 Å². The molecule has 2 aromatic heterocycles. The van der Waals surface area contributed by atoms with Crippen LogP contribution in [0.5, 0.6) is 0 Å². The van der Waals surface area contributed by atoms with E-state index in [1.165, 1.54) is 0 Å². The third kappa shape index (κ3) is 2.94. The molecular formula is C12H11BrN2O2S. The number of halogens is 1. The molecule has 0 atom stereocenters. The number of ether oxygens (including phenoxy) is 1. The number of carbonyl (C=O) groups is 1. The molecule has 18 heavy (non-hydrogen) atoms. The van der Waals surface area contributed by atoms with Crippen LogP contribution in [0.25, 0.3) is 10.6 Å². The Balaban J connectivity index is 2.41. The fraction of sp³-hybridized carbons (Fsp3) is 0.250. The minimum atomic E-state index is -0.488. The smallest absolute Gasteiger partial charge is 0.376 e. The van der Waals surface area contributed by atoms with Crippen molar-refractivity contribution in [1.29, 1.82) is 0 Å². The summed E-state index contributed by atoms with van der Waals surface area (Å²) in [5.74, 6) is -0.380. The van der Waals surface area contributed by atoms with Gasteiger partial charge in [-0.3, -0.25) is 0 Å². The van der Waals surface area contributed by atoms with Crippen molar-refractivity contribution in [2.45, 2.75) is 13.8 Å². The molecule has 6 heteroatoms. The Morgan fingerprint density at radius 2 is 2.22 bits per heavy atom. The van der Waals surface area contributed by atoms with Crippen LogP contribution < -0.4 is 0 Å². The van der Waals surface area contributed by atoms with Gasteiger partial charge in [0, 0.05) is 5.69 Å². The highest BCUT2D eigenvalue weighted by molar-refractivity contribution is 9.11. The van der Waals surface area contributed by atoms with E-state index in [1.54, 1.807) is 18.3 Å². The molecule has 0 aliphatic rings. The van der Waals surface area contributed by atoms with E-state index in [9.17, 15) is 4.79 Å². The standard InChI is InChI=1S/C12H11BrN2O2S/c1-3-17-12(16)11-14-7(2)6-8(15-11)9-4-5-10(13)18-9/h4-6H,3H2,1-2H3. The second-order valence-electron chi connectivity index (χ2n) is 3.54. The van der Waals surface area contributed by atoms with E-state index in [-0.39, 0.29) is 5.82 Å². The van der Waals surface area contributed by atoms with Gasteiger partial charge in [-0.1, -0.05) is 0 Å². The first-order valence-electron chi connectivity index (χ1n) is 5.38. The molecule has 0 aliphatic heterocycles. The lowest BCUT2D eigenvalue weighted by Gasteiger charge is -2.04. The van der Waals surface area contributed by atoms with Gasteiger partial charge in [-0.05, 0) is 48.0 Å². The number of hydrogen-bond donors (Lipinski definition) is 0. The molecule has 2 heterocycles. The van der Waals surface area contributed by atoms with Crippen molar-refractivity contribution in [3.05, 3.63) is 33.5 Å². The van der Waals surface area contributed by atoms with Gasteiger partial charge in [0.15, 0.2) is 0 Å². The zero-order valence-electron chi connectivity index (χ0n) is 9.94. The third-order valence-electron chi connectivity index (χ3n) is 2.14. The first-order chi connectivity index (χ1) is 8.60. The molecule has 0 saturated heterocycles. The van der Waals surface area contributed by atoms with Gasteiger partial charge < -0.3 is 4.74 Å². The average Bonchev–Trinajstić information content (AvgIpc) is 2.75. The summed E-state index contributed by atoms with van der Waals surface area (Å²) in [6.07, 6.45) is 0. The zero-order valence-corrected chi connectivity index (χ0v) is 12.3. The molecule has 0 aliphatic carbocycles. The number of esters is 1. The zero-order chi connectivity index (χ0) is 13.1. The molecule has 0 aromatic carbocycles. The number of aryl methyl sites for hydroxylation is 1. The highest BCUT2D eigenvalue weighted by Crippen LogP contribution is 2.30. The van der Waals surface area contributed by atoms with Crippen molar-refractivity contribution in [2.24, 2.45) is 0 Å². The van der Waals surface area contributed by atoms with Crippen LogP contribution in [-0.4, -0.2) is 22.5 Å². The van der Waals surface area contributed by atoms with Crippen molar-refractivity contribution < 1.29 is 9.53 Å². The number of thiophene rings is 1.